The van der Waals surface area contributed by atoms with Crippen LogP contribution in [0.25, 0.3) is 10.8 Å². The van der Waals surface area contributed by atoms with E-state index in [0.717, 1.165) is 21.9 Å². The lowest BCUT2D eigenvalue weighted by atomic mass is 10.1. The average Bonchev–Trinajstić information content (AvgIpc) is 2.63. The third-order valence-corrected chi connectivity index (χ3v) is 4.21. The highest BCUT2D eigenvalue weighted by Crippen LogP contribution is 2.21. The van der Waals surface area contributed by atoms with Crippen molar-refractivity contribution in [3.05, 3.63) is 77.4 Å². The van der Waals surface area contributed by atoms with Crippen LogP contribution >= 0.6 is 0 Å². The number of amides is 1. The van der Waals surface area contributed by atoms with Crippen molar-refractivity contribution < 1.29 is 9.53 Å². The minimum atomic E-state index is -0.646. The van der Waals surface area contributed by atoms with E-state index in [2.05, 4.69) is 16.6 Å². The summed E-state index contributed by atoms with van der Waals surface area (Å²) in [6.07, 6.45) is 1.00. The zero-order chi connectivity index (χ0) is 18.5. The molecular weight excluding hydrogens is 324 g/mol. The first-order chi connectivity index (χ1) is 12.5. The number of benzene rings is 3. The smallest absolute Gasteiger partial charge is 0.280 e. The molecule has 0 fully saturated rings. The van der Waals surface area contributed by atoms with Crippen LogP contribution in [0, 0.1) is 13.8 Å². The van der Waals surface area contributed by atoms with Crippen LogP contribution in [0.5, 0.6) is 5.75 Å². The number of aryl methyl sites for hydroxylation is 2. The molecule has 1 amide bonds. The van der Waals surface area contributed by atoms with Crippen LogP contribution in [0.4, 0.5) is 0 Å². The number of rotatable bonds is 5. The molecule has 0 aliphatic heterocycles. The molecule has 0 aromatic heterocycles. The predicted molar refractivity (Wildman–Crippen MR) is 106 cm³/mol. The molecule has 3 aromatic rings. The van der Waals surface area contributed by atoms with Crippen molar-refractivity contribution in [3.63, 3.8) is 0 Å². The Labute approximate surface area is 153 Å². The van der Waals surface area contributed by atoms with Gasteiger partial charge in [0.25, 0.3) is 5.91 Å². The Morgan fingerprint density at radius 3 is 2.58 bits per heavy atom. The third kappa shape index (κ3) is 4.28. The fourth-order valence-electron chi connectivity index (χ4n) is 2.73. The highest BCUT2D eigenvalue weighted by Gasteiger charge is 2.14. The van der Waals surface area contributed by atoms with Gasteiger partial charge in [0.05, 0.1) is 6.21 Å². The van der Waals surface area contributed by atoms with Crippen LogP contribution < -0.4 is 10.2 Å². The summed E-state index contributed by atoms with van der Waals surface area (Å²) in [7, 11) is 0. The van der Waals surface area contributed by atoms with E-state index in [1.54, 1.807) is 13.1 Å². The molecule has 0 unspecified atom stereocenters. The summed E-state index contributed by atoms with van der Waals surface area (Å²) in [6, 6.07) is 19.9. The Morgan fingerprint density at radius 2 is 1.81 bits per heavy atom. The van der Waals surface area contributed by atoms with Gasteiger partial charge in [0.15, 0.2) is 6.10 Å². The van der Waals surface area contributed by atoms with Crippen molar-refractivity contribution >= 4 is 22.9 Å². The second-order valence-electron chi connectivity index (χ2n) is 6.36. The van der Waals surface area contributed by atoms with E-state index >= 15 is 0 Å². The van der Waals surface area contributed by atoms with Crippen molar-refractivity contribution in [3.8, 4) is 5.75 Å². The largest absolute Gasteiger partial charge is 0.481 e. The molecule has 0 spiro atoms. The molecule has 0 aliphatic rings. The summed E-state index contributed by atoms with van der Waals surface area (Å²) < 4.78 is 5.74. The van der Waals surface area contributed by atoms with Crippen molar-refractivity contribution in [2.75, 3.05) is 0 Å². The number of carbonyl (C=O) groups is 1. The van der Waals surface area contributed by atoms with Gasteiger partial charge in [-0.25, -0.2) is 5.43 Å². The van der Waals surface area contributed by atoms with Crippen molar-refractivity contribution in [1.29, 1.82) is 0 Å². The lowest BCUT2D eigenvalue weighted by molar-refractivity contribution is -0.127. The molecule has 4 nitrogen and oxygen atoms in total. The fourth-order valence-corrected chi connectivity index (χ4v) is 2.73. The molecule has 4 heteroatoms. The van der Waals surface area contributed by atoms with E-state index in [-0.39, 0.29) is 5.91 Å². The first-order valence-electron chi connectivity index (χ1n) is 8.58. The predicted octanol–water partition coefficient (Wildman–Crippen LogP) is 4.37. The molecule has 3 rings (SSSR count). The number of hydrazone groups is 1. The van der Waals surface area contributed by atoms with Crippen LogP contribution in [0.1, 0.15) is 23.6 Å². The maximum Gasteiger partial charge on any atom is 0.280 e. The second-order valence-corrected chi connectivity index (χ2v) is 6.36. The van der Waals surface area contributed by atoms with E-state index in [9.17, 15) is 4.79 Å². The van der Waals surface area contributed by atoms with Gasteiger partial charge in [-0.1, -0.05) is 54.1 Å². The molecule has 0 saturated heterocycles. The maximum absolute atomic E-state index is 12.2. The van der Waals surface area contributed by atoms with Gasteiger partial charge in [0.2, 0.25) is 0 Å². The van der Waals surface area contributed by atoms with Gasteiger partial charge in [-0.2, -0.15) is 5.10 Å². The number of hydrogen-bond donors (Lipinski definition) is 1. The quantitative estimate of drug-likeness (QED) is 0.551. The monoisotopic (exact) mass is 346 g/mol. The molecule has 1 N–H and O–H groups in total. The number of nitrogens with zero attached hydrogens (tertiary/aromatic N) is 1. The number of carbonyl (C=O) groups excluding carboxylic acids is 1. The van der Waals surface area contributed by atoms with Crippen molar-refractivity contribution in [2.45, 2.75) is 26.9 Å². The molecule has 0 saturated carbocycles. The van der Waals surface area contributed by atoms with Crippen LogP contribution in [-0.4, -0.2) is 18.2 Å². The zero-order valence-corrected chi connectivity index (χ0v) is 15.2. The van der Waals surface area contributed by atoms with Gasteiger partial charge in [-0.3, -0.25) is 4.79 Å². The van der Waals surface area contributed by atoms with E-state index < -0.39 is 6.10 Å². The molecule has 26 heavy (non-hydrogen) atoms. The molecule has 132 valence electrons. The molecule has 3 aromatic carbocycles. The highest BCUT2D eigenvalue weighted by molar-refractivity contribution is 5.86. The average molecular weight is 346 g/mol. The first-order valence-corrected chi connectivity index (χ1v) is 8.58. The third-order valence-electron chi connectivity index (χ3n) is 4.21. The summed E-state index contributed by atoms with van der Waals surface area (Å²) in [6.45, 7) is 5.76. The van der Waals surface area contributed by atoms with Gasteiger partial charge in [0.1, 0.15) is 5.75 Å². The maximum atomic E-state index is 12.2. The zero-order valence-electron chi connectivity index (χ0n) is 15.2. The Balaban J connectivity index is 1.60. The molecule has 0 aliphatic carbocycles. The first kappa shape index (κ1) is 17.7. The summed E-state index contributed by atoms with van der Waals surface area (Å²) in [4.78, 5) is 12.2. The Bertz CT molecular complexity index is 963. The molecule has 0 bridgehead atoms. The van der Waals surface area contributed by atoms with Gasteiger partial charge < -0.3 is 4.74 Å². The fraction of sp³-hybridized carbons (Fsp3) is 0.182. The number of fused-ring (bicyclic) bond motifs is 1. The van der Waals surface area contributed by atoms with Crippen molar-refractivity contribution in [2.24, 2.45) is 5.10 Å². The topological polar surface area (TPSA) is 50.7 Å². The Kier molecular flexibility index (Phi) is 5.32. The molecule has 1 atom stereocenters. The lowest BCUT2D eigenvalue weighted by Gasteiger charge is -2.13. The van der Waals surface area contributed by atoms with Crippen LogP contribution in [-0.2, 0) is 4.79 Å². The van der Waals surface area contributed by atoms with E-state index in [1.165, 1.54) is 5.56 Å². The van der Waals surface area contributed by atoms with Crippen LogP contribution in [0.3, 0.4) is 0 Å². The Morgan fingerprint density at radius 1 is 1.04 bits per heavy atom. The Hall–Kier alpha value is -3.14. The van der Waals surface area contributed by atoms with E-state index in [1.807, 2.05) is 68.4 Å². The van der Waals surface area contributed by atoms with Crippen LogP contribution in [0.15, 0.2) is 65.8 Å². The standard InChI is InChI=1S/C22H22N2O2/c1-15-8-9-20(16(2)12-15)14-23-24-22(25)17(3)26-21-11-10-18-6-4-5-7-19(18)13-21/h4-14,17H,1-3H3,(H,24,25)/b23-14-/t17-/m1/s1. The van der Waals surface area contributed by atoms with Crippen molar-refractivity contribution in [1.82, 2.24) is 5.43 Å². The van der Waals surface area contributed by atoms with Gasteiger partial charge in [-0.05, 0) is 54.8 Å². The second kappa shape index (κ2) is 7.83. The van der Waals surface area contributed by atoms with E-state index in [0.29, 0.717) is 5.75 Å². The molecule has 0 heterocycles. The minimum absolute atomic E-state index is 0.292. The SMILES string of the molecule is Cc1ccc(/C=N\NC(=O)[C@@H](C)Oc2ccc3ccccc3c2)c(C)c1. The molecule has 0 radical (unpaired) electrons. The normalized spacial score (nSPS) is 12.3. The van der Waals surface area contributed by atoms with Crippen LogP contribution in [0.2, 0.25) is 0 Å². The minimum Gasteiger partial charge on any atom is -0.481 e. The van der Waals surface area contributed by atoms with Gasteiger partial charge in [0, 0.05) is 0 Å². The number of ether oxygens (including phenoxy) is 1. The van der Waals surface area contributed by atoms with E-state index in [4.69, 9.17) is 4.74 Å². The molecular formula is C22H22N2O2. The summed E-state index contributed by atoms with van der Waals surface area (Å²) in [5, 5.41) is 6.25. The lowest BCUT2D eigenvalue weighted by Crippen LogP contribution is -2.33. The summed E-state index contributed by atoms with van der Waals surface area (Å²) in [5.74, 6) is 0.365. The summed E-state index contributed by atoms with van der Waals surface area (Å²) in [5.41, 5.74) is 5.82. The van der Waals surface area contributed by atoms with Gasteiger partial charge >= 0.3 is 0 Å². The number of nitrogens with one attached hydrogen (secondary N) is 1. The number of hydrogen-bond acceptors (Lipinski definition) is 3. The summed E-state index contributed by atoms with van der Waals surface area (Å²) >= 11 is 0. The van der Waals surface area contributed by atoms with Gasteiger partial charge in [-0.15, -0.1) is 0 Å². The highest BCUT2D eigenvalue weighted by atomic mass is 16.5.